The van der Waals surface area contributed by atoms with Crippen LogP contribution in [0.5, 0.6) is 0 Å². The summed E-state index contributed by atoms with van der Waals surface area (Å²) < 4.78 is 5.66. The lowest BCUT2D eigenvalue weighted by atomic mass is 9.64. The highest BCUT2D eigenvalue weighted by atomic mass is 16.5. The van der Waals surface area contributed by atoms with Gasteiger partial charge in [0.1, 0.15) is 0 Å². The first-order chi connectivity index (χ1) is 9.86. The van der Waals surface area contributed by atoms with Crippen LogP contribution in [0.2, 0.25) is 0 Å². The van der Waals surface area contributed by atoms with E-state index in [1.54, 1.807) is 4.90 Å². The second-order valence-electron chi connectivity index (χ2n) is 6.63. The zero-order valence-electron chi connectivity index (χ0n) is 13.1. The van der Waals surface area contributed by atoms with E-state index in [0.29, 0.717) is 26.1 Å². The van der Waals surface area contributed by atoms with Crippen molar-refractivity contribution in [1.29, 1.82) is 0 Å². The Bertz CT molecular complexity index is 410. The predicted molar refractivity (Wildman–Crippen MR) is 78.1 cm³/mol. The first kappa shape index (κ1) is 16.1. The highest BCUT2D eigenvalue weighted by Gasteiger charge is 2.50. The van der Waals surface area contributed by atoms with Crippen molar-refractivity contribution in [3.8, 4) is 0 Å². The van der Waals surface area contributed by atoms with Crippen LogP contribution in [-0.2, 0) is 9.53 Å². The smallest absolute Gasteiger partial charge is 0.317 e. The second kappa shape index (κ2) is 6.22. The molecule has 6 nitrogen and oxygen atoms in total. The molecule has 0 aromatic heterocycles. The maximum absolute atomic E-state index is 12.3. The van der Waals surface area contributed by atoms with Gasteiger partial charge in [-0.1, -0.05) is 13.8 Å². The normalized spacial score (nSPS) is 31.4. The van der Waals surface area contributed by atoms with E-state index in [-0.39, 0.29) is 23.6 Å². The van der Waals surface area contributed by atoms with Gasteiger partial charge in [0.25, 0.3) is 0 Å². The van der Waals surface area contributed by atoms with Gasteiger partial charge < -0.3 is 20.1 Å². The Hall–Kier alpha value is -1.30. The summed E-state index contributed by atoms with van der Waals surface area (Å²) in [5.41, 5.74) is -0.0757. The number of urea groups is 1. The Morgan fingerprint density at radius 3 is 2.71 bits per heavy atom. The summed E-state index contributed by atoms with van der Waals surface area (Å²) in [6.07, 6.45) is 2.41. The van der Waals surface area contributed by atoms with Gasteiger partial charge in [0.15, 0.2) is 0 Å². The number of likely N-dealkylation sites (tertiary alicyclic amines) is 1. The first-order valence-electron chi connectivity index (χ1n) is 7.76. The molecule has 2 fully saturated rings. The average molecular weight is 298 g/mol. The summed E-state index contributed by atoms with van der Waals surface area (Å²) in [5, 5.41) is 12.1. The number of rotatable bonds is 4. The van der Waals surface area contributed by atoms with Crippen LogP contribution in [0.1, 0.15) is 40.0 Å². The molecule has 2 amide bonds. The zero-order valence-corrected chi connectivity index (χ0v) is 13.1. The minimum atomic E-state index is -0.812. The van der Waals surface area contributed by atoms with Crippen molar-refractivity contribution in [2.75, 3.05) is 19.7 Å². The number of carbonyl (C=O) groups excluding carboxylic acids is 1. The van der Waals surface area contributed by atoms with Crippen LogP contribution in [0.3, 0.4) is 0 Å². The van der Waals surface area contributed by atoms with E-state index in [9.17, 15) is 9.59 Å². The summed E-state index contributed by atoms with van der Waals surface area (Å²) in [5.74, 6) is -1.25. The topological polar surface area (TPSA) is 78.9 Å². The Morgan fingerprint density at radius 2 is 2.14 bits per heavy atom. The number of carboxylic acids is 1. The van der Waals surface area contributed by atoms with Gasteiger partial charge in [-0.3, -0.25) is 4.79 Å². The molecule has 1 saturated carbocycles. The van der Waals surface area contributed by atoms with Crippen molar-refractivity contribution >= 4 is 12.0 Å². The van der Waals surface area contributed by atoms with Gasteiger partial charge in [-0.05, 0) is 26.2 Å². The minimum absolute atomic E-state index is 0.0757. The molecule has 1 saturated heterocycles. The third-order valence-corrected chi connectivity index (χ3v) is 4.90. The van der Waals surface area contributed by atoms with Gasteiger partial charge >= 0.3 is 12.0 Å². The summed E-state index contributed by atoms with van der Waals surface area (Å²) in [4.78, 5) is 25.0. The largest absolute Gasteiger partial charge is 0.481 e. The van der Waals surface area contributed by atoms with Crippen molar-refractivity contribution in [3.05, 3.63) is 0 Å². The van der Waals surface area contributed by atoms with Gasteiger partial charge in [0.2, 0.25) is 0 Å². The standard InChI is InChI=1S/C15H26N2O4/c1-4-21-12-8-11(15(12,2)3)16-14(20)17-7-5-6-10(9-17)13(18)19/h10-12H,4-9H2,1-3H3,(H,16,20)(H,18,19)/t10-,11?,12?/m1/s1. The number of piperidine rings is 1. The molecule has 6 heteroatoms. The maximum atomic E-state index is 12.3. The van der Waals surface area contributed by atoms with Crippen LogP contribution in [0.25, 0.3) is 0 Å². The summed E-state index contributed by atoms with van der Waals surface area (Å²) in [7, 11) is 0. The van der Waals surface area contributed by atoms with E-state index < -0.39 is 11.9 Å². The molecule has 1 heterocycles. The van der Waals surface area contributed by atoms with Gasteiger partial charge in [-0.15, -0.1) is 0 Å². The van der Waals surface area contributed by atoms with Crippen molar-refractivity contribution < 1.29 is 19.4 Å². The Balaban J connectivity index is 1.86. The van der Waals surface area contributed by atoms with Gasteiger partial charge in [-0.2, -0.15) is 0 Å². The number of nitrogens with zero attached hydrogens (tertiary/aromatic N) is 1. The Labute approximate surface area is 125 Å². The van der Waals surface area contributed by atoms with E-state index in [1.807, 2.05) is 6.92 Å². The predicted octanol–water partition coefficient (Wildman–Crippen LogP) is 1.70. The molecule has 2 aliphatic rings. The van der Waals surface area contributed by atoms with E-state index in [2.05, 4.69) is 19.2 Å². The quantitative estimate of drug-likeness (QED) is 0.828. The molecule has 21 heavy (non-hydrogen) atoms. The highest BCUT2D eigenvalue weighted by molar-refractivity contribution is 5.77. The van der Waals surface area contributed by atoms with Gasteiger partial charge in [0.05, 0.1) is 12.0 Å². The van der Waals surface area contributed by atoms with Crippen LogP contribution in [0.15, 0.2) is 0 Å². The summed E-state index contributed by atoms with van der Waals surface area (Å²) >= 11 is 0. The van der Waals surface area contributed by atoms with Crippen molar-refractivity contribution in [2.45, 2.75) is 52.2 Å². The van der Waals surface area contributed by atoms with Crippen molar-refractivity contribution in [1.82, 2.24) is 10.2 Å². The molecular weight excluding hydrogens is 272 g/mol. The third-order valence-electron chi connectivity index (χ3n) is 4.90. The zero-order chi connectivity index (χ0) is 15.6. The van der Waals surface area contributed by atoms with Crippen molar-refractivity contribution in [3.63, 3.8) is 0 Å². The van der Waals surface area contributed by atoms with E-state index in [4.69, 9.17) is 9.84 Å². The van der Waals surface area contributed by atoms with Crippen LogP contribution in [0, 0.1) is 11.3 Å². The lowest BCUT2D eigenvalue weighted by molar-refractivity contribution is -0.143. The molecule has 3 atom stereocenters. The number of nitrogens with one attached hydrogen (secondary N) is 1. The molecule has 2 unspecified atom stereocenters. The van der Waals surface area contributed by atoms with Gasteiger partial charge in [-0.25, -0.2) is 4.79 Å². The molecule has 2 rings (SSSR count). The van der Waals surface area contributed by atoms with Crippen molar-refractivity contribution in [2.24, 2.45) is 11.3 Å². The van der Waals surface area contributed by atoms with E-state index in [1.165, 1.54) is 0 Å². The Morgan fingerprint density at radius 1 is 1.43 bits per heavy atom. The monoisotopic (exact) mass is 298 g/mol. The number of hydrogen-bond acceptors (Lipinski definition) is 3. The fourth-order valence-electron chi connectivity index (χ4n) is 3.22. The maximum Gasteiger partial charge on any atom is 0.317 e. The number of aliphatic carboxylic acids is 1. The van der Waals surface area contributed by atoms with Crippen LogP contribution in [-0.4, -0.2) is 53.8 Å². The van der Waals surface area contributed by atoms with Crippen LogP contribution < -0.4 is 5.32 Å². The lowest BCUT2D eigenvalue weighted by Crippen LogP contribution is -2.64. The molecular formula is C15H26N2O4. The number of amides is 2. The van der Waals surface area contributed by atoms with Gasteiger partial charge in [0, 0.05) is 31.2 Å². The molecule has 0 aromatic rings. The molecule has 0 aromatic carbocycles. The molecule has 120 valence electrons. The van der Waals surface area contributed by atoms with Crippen LogP contribution >= 0.6 is 0 Å². The lowest BCUT2D eigenvalue weighted by Gasteiger charge is -2.52. The SMILES string of the molecule is CCOC1CC(NC(=O)N2CCC[C@@H](C(=O)O)C2)C1(C)C. The highest BCUT2D eigenvalue weighted by Crippen LogP contribution is 2.42. The molecule has 1 aliphatic carbocycles. The Kier molecular flexibility index (Phi) is 4.76. The summed E-state index contributed by atoms with van der Waals surface area (Å²) in [6.45, 7) is 7.79. The number of carboxylic acid groups (broad SMARTS) is 1. The minimum Gasteiger partial charge on any atom is -0.481 e. The fraction of sp³-hybridized carbons (Fsp3) is 0.867. The third kappa shape index (κ3) is 3.31. The van der Waals surface area contributed by atoms with E-state index in [0.717, 1.165) is 12.8 Å². The fourth-order valence-corrected chi connectivity index (χ4v) is 3.22. The van der Waals surface area contributed by atoms with Crippen LogP contribution in [0.4, 0.5) is 4.79 Å². The number of carbonyl (C=O) groups is 2. The average Bonchev–Trinajstić information content (AvgIpc) is 2.46. The molecule has 0 radical (unpaired) electrons. The molecule has 1 aliphatic heterocycles. The number of ether oxygens (including phenoxy) is 1. The molecule has 0 bridgehead atoms. The molecule has 0 spiro atoms. The van der Waals surface area contributed by atoms with E-state index >= 15 is 0 Å². The summed E-state index contributed by atoms with van der Waals surface area (Å²) in [6, 6.07) is -0.0549. The second-order valence-corrected chi connectivity index (χ2v) is 6.63. The first-order valence-corrected chi connectivity index (χ1v) is 7.76. The molecule has 2 N–H and O–H groups in total. The number of hydrogen-bond donors (Lipinski definition) is 2.